The van der Waals surface area contributed by atoms with E-state index in [4.69, 9.17) is 10.5 Å². The van der Waals surface area contributed by atoms with E-state index in [1.54, 1.807) is 25.7 Å². The number of ether oxygens (including phenoxy) is 1. The lowest BCUT2D eigenvalue weighted by molar-refractivity contribution is -0.135. The molecule has 1 aliphatic heterocycles. The SMILES string of the molecule is CC(C)(C)OC(=O)NC(=O)C[C@H](N)C(=O)N1CCN(c2ccccc2)CC1. The van der Waals surface area contributed by atoms with E-state index in [1.165, 1.54) is 0 Å². The van der Waals surface area contributed by atoms with Crippen LogP contribution in [0.5, 0.6) is 0 Å². The van der Waals surface area contributed by atoms with Crippen molar-refractivity contribution < 1.29 is 19.1 Å². The lowest BCUT2D eigenvalue weighted by Crippen LogP contribution is -2.54. The van der Waals surface area contributed by atoms with Crippen molar-refractivity contribution in [2.75, 3.05) is 31.1 Å². The number of rotatable bonds is 4. The van der Waals surface area contributed by atoms with E-state index in [1.807, 2.05) is 30.3 Å². The van der Waals surface area contributed by atoms with Gasteiger partial charge in [-0.3, -0.25) is 14.9 Å². The molecule has 0 spiro atoms. The lowest BCUT2D eigenvalue weighted by atomic mass is 10.1. The molecule has 3 amide bonds. The summed E-state index contributed by atoms with van der Waals surface area (Å²) in [6, 6.07) is 8.99. The number of alkyl carbamates (subject to hydrolysis) is 1. The van der Waals surface area contributed by atoms with Gasteiger partial charge in [-0.1, -0.05) is 18.2 Å². The number of piperazine rings is 1. The zero-order valence-electron chi connectivity index (χ0n) is 16.1. The second-order valence-electron chi connectivity index (χ2n) is 7.51. The van der Waals surface area contributed by atoms with Crippen molar-refractivity contribution in [1.82, 2.24) is 10.2 Å². The number of hydrogen-bond donors (Lipinski definition) is 2. The normalized spacial score (nSPS) is 15.9. The highest BCUT2D eigenvalue weighted by Crippen LogP contribution is 2.16. The van der Waals surface area contributed by atoms with Crippen LogP contribution in [0.25, 0.3) is 0 Å². The number of imide groups is 1. The van der Waals surface area contributed by atoms with Gasteiger partial charge in [0.2, 0.25) is 11.8 Å². The highest BCUT2D eigenvalue weighted by atomic mass is 16.6. The topological polar surface area (TPSA) is 105 Å². The summed E-state index contributed by atoms with van der Waals surface area (Å²) in [4.78, 5) is 39.8. The van der Waals surface area contributed by atoms with E-state index in [0.717, 1.165) is 5.69 Å². The highest BCUT2D eigenvalue weighted by Gasteiger charge is 2.27. The third-order valence-electron chi connectivity index (χ3n) is 4.08. The maximum absolute atomic E-state index is 12.5. The number of para-hydroxylation sites is 1. The van der Waals surface area contributed by atoms with Crippen molar-refractivity contribution in [3.63, 3.8) is 0 Å². The van der Waals surface area contributed by atoms with Gasteiger partial charge in [0.25, 0.3) is 0 Å². The summed E-state index contributed by atoms with van der Waals surface area (Å²) >= 11 is 0. The molecule has 8 nitrogen and oxygen atoms in total. The summed E-state index contributed by atoms with van der Waals surface area (Å²) in [5, 5.41) is 2.09. The van der Waals surface area contributed by atoms with E-state index in [-0.39, 0.29) is 12.3 Å². The molecule has 1 fully saturated rings. The van der Waals surface area contributed by atoms with Gasteiger partial charge in [-0.15, -0.1) is 0 Å². The molecule has 2 rings (SSSR count). The minimum Gasteiger partial charge on any atom is -0.444 e. The van der Waals surface area contributed by atoms with Gasteiger partial charge >= 0.3 is 6.09 Å². The molecule has 3 N–H and O–H groups in total. The number of nitrogens with one attached hydrogen (secondary N) is 1. The van der Waals surface area contributed by atoms with Gasteiger partial charge in [0.1, 0.15) is 5.60 Å². The van der Waals surface area contributed by atoms with Crippen LogP contribution in [0.3, 0.4) is 0 Å². The predicted octanol–water partition coefficient (Wildman–Crippen LogP) is 1.10. The first-order valence-corrected chi connectivity index (χ1v) is 9.03. The van der Waals surface area contributed by atoms with Crippen molar-refractivity contribution in [2.45, 2.75) is 38.8 Å². The van der Waals surface area contributed by atoms with Crippen molar-refractivity contribution in [1.29, 1.82) is 0 Å². The number of benzene rings is 1. The number of nitrogens with two attached hydrogens (primary N) is 1. The fourth-order valence-corrected chi connectivity index (χ4v) is 2.81. The van der Waals surface area contributed by atoms with Gasteiger partial charge in [0.15, 0.2) is 0 Å². The molecule has 1 atom stereocenters. The maximum atomic E-state index is 12.5. The van der Waals surface area contributed by atoms with Crippen LogP contribution in [0.4, 0.5) is 10.5 Å². The summed E-state index contributed by atoms with van der Waals surface area (Å²) in [7, 11) is 0. The number of carbonyl (C=O) groups is 3. The van der Waals surface area contributed by atoms with Gasteiger partial charge in [0, 0.05) is 31.9 Å². The molecule has 0 unspecified atom stereocenters. The Hall–Kier alpha value is -2.61. The minimum absolute atomic E-state index is 0.267. The smallest absolute Gasteiger partial charge is 0.414 e. The average Bonchev–Trinajstić information content (AvgIpc) is 2.60. The van der Waals surface area contributed by atoms with Crippen LogP contribution in [-0.2, 0) is 14.3 Å². The molecule has 0 aromatic heterocycles. The summed E-state index contributed by atoms with van der Waals surface area (Å²) in [6.45, 7) is 7.56. The standard InChI is InChI=1S/C19H28N4O4/c1-19(2,3)27-18(26)21-16(24)13-15(20)17(25)23-11-9-22(10-12-23)14-7-5-4-6-8-14/h4-8,15H,9-13,20H2,1-3H3,(H,21,24,26)/t15-/m0/s1. The first-order chi connectivity index (χ1) is 12.7. The van der Waals surface area contributed by atoms with Crippen LogP contribution in [0, 0.1) is 0 Å². The van der Waals surface area contributed by atoms with Crippen molar-refractivity contribution in [3.05, 3.63) is 30.3 Å². The molecule has 1 aromatic carbocycles. The van der Waals surface area contributed by atoms with E-state index in [2.05, 4.69) is 10.2 Å². The Kier molecular flexibility index (Phi) is 6.79. The molecule has 1 aliphatic rings. The molecule has 0 saturated carbocycles. The fourth-order valence-electron chi connectivity index (χ4n) is 2.81. The summed E-state index contributed by atoms with van der Waals surface area (Å²) in [5.74, 6) is -0.921. The van der Waals surface area contributed by atoms with Crippen molar-refractivity contribution >= 4 is 23.6 Å². The molecule has 1 heterocycles. The molecule has 0 aliphatic carbocycles. The number of carbonyl (C=O) groups excluding carboxylic acids is 3. The molecular formula is C19H28N4O4. The third-order valence-corrected chi connectivity index (χ3v) is 4.08. The molecule has 0 radical (unpaired) electrons. The second-order valence-corrected chi connectivity index (χ2v) is 7.51. The van der Waals surface area contributed by atoms with Crippen LogP contribution >= 0.6 is 0 Å². The largest absolute Gasteiger partial charge is 0.444 e. The van der Waals surface area contributed by atoms with E-state index in [9.17, 15) is 14.4 Å². The van der Waals surface area contributed by atoms with Crippen LogP contribution in [0.15, 0.2) is 30.3 Å². The van der Waals surface area contributed by atoms with Gasteiger partial charge in [-0.05, 0) is 32.9 Å². The number of amides is 3. The van der Waals surface area contributed by atoms with Gasteiger partial charge in [0.05, 0.1) is 12.5 Å². The van der Waals surface area contributed by atoms with Gasteiger partial charge in [-0.2, -0.15) is 0 Å². The Labute approximate surface area is 159 Å². The summed E-state index contributed by atoms with van der Waals surface area (Å²) in [6.07, 6.45) is -1.11. The Balaban J connectivity index is 1.78. The van der Waals surface area contributed by atoms with Crippen LogP contribution in [-0.4, -0.2) is 60.6 Å². The molecule has 148 valence electrons. The Bertz CT molecular complexity index is 664. The van der Waals surface area contributed by atoms with Crippen molar-refractivity contribution in [2.24, 2.45) is 5.73 Å². The first-order valence-electron chi connectivity index (χ1n) is 9.03. The number of nitrogens with zero attached hydrogens (tertiary/aromatic N) is 2. The van der Waals surface area contributed by atoms with Crippen LogP contribution in [0.2, 0.25) is 0 Å². The van der Waals surface area contributed by atoms with Gasteiger partial charge < -0.3 is 20.3 Å². The van der Waals surface area contributed by atoms with E-state index in [0.29, 0.717) is 26.2 Å². The molecule has 1 saturated heterocycles. The monoisotopic (exact) mass is 376 g/mol. The van der Waals surface area contributed by atoms with Crippen LogP contribution < -0.4 is 16.0 Å². The molecule has 1 aromatic rings. The second kappa shape index (κ2) is 8.85. The number of anilines is 1. The Morgan fingerprint density at radius 1 is 1.11 bits per heavy atom. The quantitative estimate of drug-likeness (QED) is 0.815. The first kappa shape index (κ1) is 20.7. The Morgan fingerprint density at radius 3 is 2.26 bits per heavy atom. The maximum Gasteiger partial charge on any atom is 0.414 e. The molecule has 27 heavy (non-hydrogen) atoms. The zero-order chi connectivity index (χ0) is 20.0. The summed E-state index contributed by atoms with van der Waals surface area (Å²) in [5.41, 5.74) is 6.29. The van der Waals surface area contributed by atoms with Crippen molar-refractivity contribution in [3.8, 4) is 0 Å². The predicted molar refractivity (Wildman–Crippen MR) is 102 cm³/mol. The molecular weight excluding hydrogens is 348 g/mol. The fraction of sp³-hybridized carbons (Fsp3) is 0.526. The van der Waals surface area contributed by atoms with E-state index < -0.39 is 23.6 Å². The number of hydrogen-bond acceptors (Lipinski definition) is 6. The zero-order valence-corrected chi connectivity index (χ0v) is 16.1. The minimum atomic E-state index is -0.990. The molecule has 8 heteroatoms. The Morgan fingerprint density at radius 2 is 1.70 bits per heavy atom. The average molecular weight is 376 g/mol. The lowest BCUT2D eigenvalue weighted by Gasteiger charge is -2.37. The van der Waals surface area contributed by atoms with Gasteiger partial charge in [-0.25, -0.2) is 4.79 Å². The van der Waals surface area contributed by atoms with E-state index >= 15 is 0 Å². The summed E-state index contributed by atoms with van der Waals surface area (Å²) < 4.78 is 5.01. The third kappa shape index (κ3) is 6.56. The molecule has 0 bridgehead atoms. The van der Waals surface area contributed by atoms with Crippen LogP contribution in [0.1, 0.15) is 27.2 Å². The highest BCUT2D eigenvalue weighted by molar-refractivity contribution is 5.95.